The minimum Gasteiger partial charge on any atom is -0.356 e. The van der Waals surface area contributed by atoms with Crippen molar-refractivity contribution in [2.45, 2.75) is 25.5 Å². The van der Waals surface area contributed by atoms with Gasteiger partial charge in [0.15, 0.2) is 0 Å². The monoisotopic (exact) mass is 237 g/mol. The molecule has 0 fully saturated rings. The molecule has 16 heavy (non-hydrogen) atoms. The molecular formula is C13H19NOS. The van der Waals surface area contributed by atoms with Gasteiger partial charge < -0.3 is 5.32 Å². The molecule has 1 amide bonds. The van der Waals surface area contributed by atoms with Crippen LogP contribution in [-0.4, -0.2) is 18.2 Å². The Balaban J connectivity index is 2.06. The van der Waals surface area contributed by atoms with E-state index in [4.69, 9.17) is 0 Å². The fourth-order valence-electron chi connectivity index (χ4n) is 1.28. The van der Waals surface area contributed by atoms with Crippen LogP contribution in [0.4, 0.5) is 0 Å². The molecule has 0 radical (unpaired) electrons. The van der Waals surface area contributed by atoms with Gasteiger partial charge in [0.1, 0.15) is 0 Å². The number of rotatable bonds is 7. The molecule has 0 aliphatic rings. The first-order valence-corrected chi connectivity index (χ1v) is 6.86. The van der Waals surface area contributed by atoms with Crippen molar-refractivity contribution >= 4 is 17.7 Å². The van der Waals surface area contributed by atoms with Gasteiger partial charge in [-0.3, -0.25) is 4.79 Å². The third-order valence-electron chi connectivity index (χ3n) is 2.16. The number of nitrogens with one attached hydrogen (secondary N) is 1. The van der Waals surface area contributed by atoms with Crippen molar-refractivity contribution < 1.29 is 4.79 Å². The number of hydrogen-bond donors (Lipinski definition) is 1. The Bertz CT molecular complexity index is 300. The zero-order valence-corrected chi connectivity index (χ0v) is 10.6. The van der Waals surface area contributed by atoms with E-state index >= 15 is 0 Å². The number of amides is 1. The van der Waals surface area contributed by atoms with Crippen LogP contribution < -0.4 is 5.32 Å². The SMILES string of the molecule is CCCNC(=O)CCSCc1ccccc1. The van der Waals surface area contributed by atoms with E-state index in [-0.39, 0.29) is 5.91 Å². The van der Waals surface area contributed by atoms with Crippen LogP contribution in [-0.2, 0) is 10.5 Å². The minimum atomic E-state index is 0.169. The van der Waals surface area contributed by atoms with Crippen LogP contribution in [0.5, 0.6) is 0 Å². The van der Waals surface area contributed by atoms with Crippen LogP contribution >= 0.6 is 11.8 Å². The van der Waals surface area contributed by atoms with Gasteiger partial charge in [-0.2, -0.15) is 11.8 Å². The average molecular weight is 237 g/mol. The molecule has 0 bridgehead atoms. The third-order valence-corrected chi connectivity index (χ3v) is 3.19. The van der Waals surface area contributed by atoms with Crippen molar-refractivity contribution in [3.05, 3.63) is 35.9 Å². The van der Waals surface area contributed by atoms with E-state index < -0.39 is 0 Å². The van der Waals surface area contributed by atoms with Crippen molar-refractivity contribution in [1.82, 2.24) is 5.32 Å². The minimum absolute atomic E-state index is 0.169. The predicted octanol–water partition coefficient (Wildman–Crippen LogP) is 2.84. The Kier molecular flexibility index (Phi) is 6.74. The van der Waals surface area contributed by atoms with E-state index in [9.17, 15) is 4.79 Å². The summed E-state index contributed by atoms with van der Waals surface area (Å²) in [6.45, 7) is 2.85. The van der Waals surface area contributed by atoms with E-state index in [0.29, 0.717) is 6.42 Å². The van der Waals surface area contributed by atoms with Gasteiger partial charge in [-0.25, -0.2) is 0 Å². The van der Waals surface area contributed by atoms with Crippen LogP contribution in [0.1, 0.15) is 25.3 Å². The third kappa shape index (κ3) is 5.81. The number of hydrogen-bond acceptors (Lipinski definition) is 2. The highest BCUT2D eigenvalue weighted by Gasteiger charge is 1.99. The summed E-state index contributed by atoms with van der Waals surface area (Å²) in [6.07, 6.45) is 1.63. The Morgan fingerprint density at radius 1 is 1.31 bits per heavy atom. The second kappa shape index (κ2) is 8.22. The van der Waals surface area contributed by atoms with Crippen LogP contribution in [0.2, 0.25) is 0 Å². The number of carbonyl (C=O) groups is 1. The summed E-state index contributed by atoms with van der Waals surface area (Å²) < 4.78 is 0. The van der Waals surface area contributed by atoms with Crippen LogP contribution in [0.15, 0.2) is 30.3 Å². The van der Waals surface area contributed by atoms with Gasteiger partial charge in [-0.05, 0) is 12.0 Å². The summed E-state index contributed by atoms with van der Waals surface area (Å²) in [5.74, 6) is 2.05. The van der Waals surface area contributed by atoms with Crippen molar-refractivity contribution in [2.24, 2.45) is 0 Å². The summed E-state index contributed by atoms with van der Waals surface area (Å²) >= 11 is 1.81. The molecule has 1 rings (SSSR count). The van der Waals surface area contributed by atoms with Gasteiger partial charge in [0, 0.05) is 24.5 Å². The molecule has 0 saturated carbocycles. The van der Waals surface area contributed by atoms with Gasteiger partial charge in [-0.15, -0.1) is 0 Å². The molecule has 0 aromatic heterocycles. The molecule has 1 N–H and O–H groups in total. The highest BCUT2D eigenvalue weighted by Crippen LogP contribution is 2.12. The van der Waals surface area contributed by atoms with Crippen molar-refractivity contribution in [1.29, 1.82) is 0 Å². The highest BCUT2D eigenvalue weighted by atomic mass is 32.2. The molecule has 3 heteroatoms. The summed E-state index contributed by atoms with van der Waals surface area (Å²) in [5, 5.41) is 2.88. The largest absolute Gasteiger partial charge is 0.356 e. The smallest absolute Gasteiger partial charge is 0.220 e. The first-order valence-electron chi connectivity index (χ1n) is 5.71. The van der Waals surface area contributed by atoms with Crippen LogP contribution in [0.3, 0.4) is 0 Å². The van der Waals surface area contributed by atoms with Gasteiger partial charge in [0.25, 0.3) is 0 Å². The van der Waals surface area contributed by atoms with Crippen molar-refractivity contribution in [3.8, 4) is 0 Å². The molecule has 0 atom stereocenters. The molecule has 0 aliphatic carbocycles. The number of carbonyl (C=O) groups excluding carboxylic acids is 1. The first kappa shape index (κ1) is 13.1. The normalized spacial score (nSPS) is 10.1. The zero-order chi connectivity index (χ0) is 11.6. The maximum absolute atomic E-state index is 11.3. The van der Waals surface area contributed by atoms with Crippen molar-refractivity contribution in [3.63, 3.8) is 0 Å². The molecule has 0 spiro atoms. The number of thioether (sulfide) groups is 1. The molecule has 1 aromatic carbocycles. The molecule has 0 heterocycles. The predicted molar refractivity (Wildman–Crippen MR) is 70.5 cm³/mol. The second-order valence-electron chi connectivity index (χ2n) is 3.64. The van der Waals surface area contributed by atoms with Gasteiger partial charge in [-0.1, -0.05) is 37.3 Å². The highest BCUT2D eigenvalue weighted by molar-refractivity contribution is 7.98. The lowest BCUT2D eigenvalue weighted by atomic mass is 10.2. The lowest BCUT2D eigenvalue weighted by Crippen LogP contribution is -2.24. The van der Waals surface area contributed by atoms with Crippen LogP contribution in [0.25, 0.3) is 0 Å². The fourth-order valence-corrected chi connectivity index (χ4v) is 2.18. The topological polar surface area (TPSA) is 29.1 Å². The molecule has 0 unspecified atom stereocenters. The standard InChI is InChI=1S/C13H19NOS/c1-2-9-14-13(15)8-10-16-11-12-6-4-3-5-7-12/h3-7H,2,8-11H2,1H3,(H,14,15). The van der Waals surface area contributed by atoms with E-state index in [1.807, 2.05) is 30.0 Å². The fraction of sp³-hybridized carbons (Fsp3) is 0.462. The molecular weight excluding hydrogens is 218 g/mol. The van der Waals surface area contributed by atoms with E-state index in [2.05, 4.69) is 24.4 Å². The van der Waals surface area contributed by atoms with E-state index in [0.717, 1.165) is 24.5 Å². The Morgan fingerprint density at radius 3 is 2.75 bits per heavy atom. The summed E-state index contributed by atoms with van der Waals surface area (Å²) in [5.41, 5.74) is 1.32. The second-order valence-corrected chi connectivity index (χ2v) is 4.74. The van der Waals surface area contributed by atoms with Gasteiger partial charge in [0.2, 0.25) is 5.91 Å². The zero-order valence-electron chi connectivity index (χ0n) is 9.74. The lowest BCUT2D eigenvalue weighted by Gasteiger charge is -2.03. The van der Waals surface area contributed by atoms with Crippen LogP contribution in [0, 0.1) is 0 Å². The maximum Gasteiger partial charge on any atom is 0.220 e. The lowest BCUT2D eigenvalue weighted by molar-refractivity contribution is -0.120. The Hall–Kier alpha value is -0.960. The molecule has 0 saturated heterocycles. The molecule has 88 valence electrons. The summed E-state index contributed by atoms with van der Waals surface area (Å²) in [6, 6.07) is 10.3. The molecule has 1 aromatic rings. The van der Waals surface area contributed by atoms with Crippen molar-refractivity contribution in [2.75, 3.05) is 12.3 Å². The Morgan fingerprint density at radius 2 is 2.06 bits per heavy atom. The number of benzene rings is 1. The average Bonchev–Trinajstić information content (AvgIpc) is 2.33. The Labute approximate surface area is 102 Å². The molecule has 0 aliphatic heterocycles. The summed E-state index contributed by atoms with van der Waals surface area (Å²) in [4.78, 5) is 11.3. The summed E-state index contributed by atoms with van der Waals surface area (Å²) in [7, 11) is 0. The quantitative estimate of drug-likeness (QED) is 0.739. The van der Waals surface area contributed by atoms with Gasteiger partial charge >= 0.3 is 0 Å². The molecule has 2 nitrogen and oxygen atoms in total. The maximum atomic E-state index is 11.3. The van der Waals surface area contributed by atoms with E-state index in [1.54, 1.807) is 0 Å². The van der Waals surface area contributed by atoms with Gasteiger partial charge in [0.05, 0.1) is 0 Å². The first-order chi connectivity index (χ1) is 7.83. The van der Waals surface area contributed by atoms with E-state index in [1.165, 1.54) is 5.56 Å².